The smallest absolute Gasteiger partial charge is 0.343 e. The Balaban J connectivity index is 1.49. The molecule has 1 aromatic rings. The van der Waals surface area contributed by atoms with Crippen molar-refractivity contribution in [2.45, 2.75) is 63.8 Å². The minimum absolute atomic E-state index is 0.0739. The fraction of sp³-hybridized carbons (Fsp3) is 0.636. The molecule has 3 rings (SSSR count). The zero-order chi connectivity index (χ0) is 20.7. The van der Waals surface area contributed by atoms with E-state index >= 15 is 0 Å². The van der Waals surface area contributed by atoms with Gasteiger partial charge in [-0.25, -0.2) is 4.79 Å². The molecule has 0 spiro atoms. The van der Waals surface area contributed by atoms with E-state index in [9.17, 15) is 9.59 Å². The molecule has 7 nitrogen and oxygen atoms in total. The number of unbranched alkanes of at least 4 members (excludes halogenated alkanes) is 1. The first-order chi connectivity index (χ1) is 14.0. The van der Waals surface area contributed by atoms with Crippen LogP contribution < -0.4 is 9.47 Å². The van der Waals surface area contributed by atoms with Crippen LogP contribution in [0.2, 0.25) is 0 Å². The van der Waals surface area contributed by atoms with Gasteiger partial charge >= 0.3 is 5.97 Å². The topological polar surface area (TPSA) is 80.3 Å². The molecular weight excluding hydrogens is 376 g/mol. The molecule has 0 radical (unpaired) electrons. The van der Waals surface area contributed by atoms with Gasteiger partial charge in [0.1, 0.15) is 11.5 Å². The molecule has 0 aliphatic carbocycles. The predicted molar refractivity (Wildman–Crippen MR) is 105 cm³/mol. The number of ketones is 1. The molecular formula is C22H30O7. The van der Waals surface area contributed by atoms with E-state index in [-0.39, 0.29) is 18.7 Å². The van der Waals surface area contributed by atoms with Gasteiger partial charge in [-0.3, -0.25) is 4.79 Å². The summed E-state index contributed by atoms with van der Waals surface area (Å²) >= 11 is 0. The number of esters is 1. The van der Waals surface area contributed by atoms with E-state index in [1.165, 1.54) is 7.11 Å². The lowest BCUT2D eigenvalue weighted by Crippen LogP contribution is -2.45. The average molecular weight is 406 g/mol. The van der Waals surface area contributed by atoms with Gasteiger partial charge in [-0.05, 0) is 51.5 Å². The van der Waals surface area contributed by atoms with Crippen LogP contribution >= 0.6 is 0 Å². The van der Waals surface area contributed by atoms with Gasteiger partial charge in [-0.15, -0.1) is 0 Å². The summed E-state index contributed by atoms with van der Waals surface area (Å²) in [6.45, 7) is 3.06. The Morgan fingerprint density at radius 1 is 1.28 bits per heavy atom. The number of hydrogen-bond donors (Lipinski definition) is 0. The van der Waals surface area contributed by atoms with Gasteiger partial charge in [-0.1, -0.05) is 6.07 Å². The lowest BCUT2D eigenvalue weighted by atomic mass is 9.87. The second-order valence-corrected chi connectivity index (χ2v) is 7.69. The number of rotatable bonds is 9. The lowest BCUT2D eigenvalue weighted by molar-refractivity contribution is -0.163. The van der Waals surface area contributed by atoms with Crippen LogP contribution in [-0.2, 0) is 30.2 Å². The number of hydrogen-bond acceptors (Lipinski definition) is 7. The average Bonchev–Trinajstić information content (AvgIpc) is 2.73. The van der Waals surface area contributed by atoms with Gasteiger partial charge in [-0.2, -0.15) is 0 Å². The van der Waals surface area contributed by atoms with Crippen LogP contribution in [0.1, 0.15) is 51.0 Å². The second-order valence-electron chi connectivity index (χ2n) is 7.69. The van der Waals surface area contributed by atoms with Gasteiger partial charge in [0, 0.05) is 31.3 Å². The molecule has 160 valence electrons. The molecule has 1 fully saturated rings. The molecule has 1 saturated heterocycles. The van der Waals surface area contributed by atoms with Crippen molar-refractivity contribution < 1.29 is 33.3 Å². The number of carbonyl (C=O) groups is 2. The summed E-state index contributed by atoms with van der Waals surface area (Å²) in [7, 11) is 1.31. The SMILES string of the molecule is COC(=O)COc1ccc2c(c1)OC(C)(CCCCOC1CCCCO1)C(=O)C2. The second kappa shape index (κ2) is 10.1. The third-order valence-electron chi connectivity index (χ3n) is 5.39. The number of ether oxygens (including phenoxy) is 5. The van der Waals surface area contributed by atoms with Crippen molar-refractivity contribution >= 4 is 11.8 Å². The summed E-state index contributed by atoms with van der Waals surface area (Å²) in [5.41, 5.74) is -0.0364. The Labute approximate surface area is 171 Å². The third-order valence-corrected chi connectivity index (χ3v) is 5.39. The molecule has 2 aliphatic heterocycles. The van der Waals surface area contributed by atoms with Crippen molar-refractivity contribution in [3.8, 4) is 11.5 Å². The van der Waals surface area contributed by atoms with Gasteiger partial charge < -0.3 is 23.7 Å². The Bertz CT molecular complexity index is 711. The summed E-state index contributed by atoms with van der Waals surface area (Å²) in [5, 5.41) is 0. The first-order valence-electron chi connectivity index (χ1n) is 10.3. The molecule has 2 unspecified atom stereocenters. The Kier molecular flexibility index (Phi) is 7.50. The van der Waals surface area contributed by atoms with Gasteiger partial charge in [0.2, 0.25) is 0 Å². The highest BCUT2D eigenvalue weighted by molar-refractivity contribution is 5.91. The maximum atomic E-state index is 12.7. The molecule has 2 aliphatic rings. The van der Waals surface area contributed by atoms with Gasteiger partial charge in [0.25, 0.3) is 0 Å². The molecule has 0 saturated carbocycles. The lowest BCUT2D eigenvalue weighted by Gasteiger charge is -2.34. The highest BCUT2D eigenvalue weighted by Crippen LogP contribution is 2.36. The fourth-order valence-corrected chi connectivity index (χ4v) is 3.54. The van der Waals surface area contributed by atoms with Crippen LogP contribution in [-0.4, -0.2) is 50.6 Å². The Morgan fingerprint density at radius 3 is 2.90 bits per heavy atom. The van der Waals surface area contributed by atoms with Crippen molar-refractivity contribution in [1.29, 1.82) is 0 Å². The molecule has 29 heavy (non-hydrogen) atoms. The summed E-state index contributed by atoms with van der Waals surface area (Å²) < 4.78 is 27.4. The highest BCUT2D eigenvalue weighted by Gasteiger charge is 2.39. The molecule has 7 heteroatoms. The quantitative estimate of drug-likeness (QED) is 0.460. The van der Waals surface area contributed by atoms with Crippen LogP contribution in [0, 0.1) is 0 Å². The van der Waals surface area contributed by atoms with Crippen molar-refractivity contribution in [3.63, 3.8) is 0 Å². The summed E-state index contributed by atoms with van der Waals surface area (Å²) in [4.78, 5) is 23.9. The maximum Gasteiger partial charge on any atom is 0.343 e. The van der Waals surface area contributed by atoms with Gasteiger partial charge in [0.15, 0.2) is 24.3 Å². The van der Waals surface area contributed by atoms with Crippen molar-refractivity contribution in [1.82, 2.24) is 0 Å². The van der Waals surface area contributed by atoms with E-state index in [1.54, 1.807) is 18.2 Å². The van der Waals surface area contributed by atoms with Crippen molar-refractivity contribution in [3.05, 3.63) is 23.8 Å². The van der Waals surface area contributed by atoms with Crippen LogP contribution in [0.25, 0.3) is 0 Å². The monoisotopic (exact) mass is 406 g/mol. The Hall–Kier alpha value is -2.12. The summed E-state index contributed by atoms with van der Waals surface area (Å²) in [6, 6.07) is 5.26. The van der Waals surface area contributed by atoms with E-state index in [1.807, 2.05) is 6.92 Å². The first kappa shape index (κ1) is 21.6. The van der Waals surface area contributed by atoms with Crippen LogP contribution in [0.15, 0.2) is 18.2 Å². The first-order valence-corrected chi connectivity index (χ1v) is 10.3. The molecule has 1 aromatic carbocycles. The molecule has 0 bridgehead atoms. The Morgan fingerprint density at radius 2 is 2.14 bits per heavy atom. The van der Waals surface area contributed by atoms with Crippen LogP contribution in [0.4, 0.5) is 0 Å². The van der Waals surface area contributed by atoms with E-state index in [2.05, 4.69) is 4.74 Å². The maximum absolute atomic E-state index is 12.7. The normalized spacial score (nSPS) is 23.8. The van der Waals surface area contributed by atoms with Crippen molar-refractivity contribution in [2.75, 3.05) is 26.9 Å². The number of methoxy groups -OCH3 is 1. The van der Waals surface area contributed by atoms with E-state index in [0.29, 0.717) is 30.9 Å². The number of fused-ring (bicyclic) bond motifs is 1. The van der Waals surface area contributed by atoms with Crippen molar-refractivity contribution in [2.24, 2.45) is 0 Å². The molecule has 0 amide bonds. The molecule has 0 N–H and O–H groups in total. The largest absolute Gasteiger partial charge is 0.482 e. The number of Topliss-reactive ketones (excluding diaryl/α,β-unsaturated/α-hetero) is 1. The zero-order valence-electron chi connectivity index (χ0n) is 17.2. The molecule has 2 heterocycles. The van der Waals surface area contributed by atoms with Crippen LogP contribution in [0.5, 0.6) is 11.5 Å². The van der Waals surface area contributed by atoms with Crippen LogP contribution in [0.3, 0.4) is 0 Å². The minimum atomic E-state index is -0.866. The van der Waals surface area contributed by atoms with E-state index < -0.39 is 11.6 Å². The number of benzene rings is 1. The fourth-order valence-electron chi connectivity index (χ4n) is 3.54. The standard InChI is InChI=1S/C22H30O7/c1-22(10-4-6-12-27-21-7-3-5-11-26-21)19(23)13-16-8-9-17(14-18(16)29-22)28-15-20(24)25-2/h8-9,14,21H,3-7,10-13,15H2,1-2H3. The van der Waals surface area contributed by atoms with E-state index in [4.69, 9.17) is 18.9 Å². The molecule has 2 atom stereocenters. The van der Waals surface area contributed by atoms with E-state index in [0.717, 1.165) is 44.3 Å². The number of carbonyl (C=O) groups excluding carboxylic acids is 2. The van der Waals surface area contributed by atoms with Gasteiger partial charge in [0.05, 0.1) is 7.11 Å². The molecule has 0 aromatic heterocycles. The highest BCUT2D eigenvalue weighted by atomic mass is 16.7. The summed E-state index contributed by atoms with van der Waals surface area (Å²) in [5.74, 6) is 0.752. The zero-order valence-corrected chi connectivity index (χ0v) is 17.2. The predicted octanol–water partition coefficient (Wildman–Crippen LogP) is 3.21. The summed E-state index contributed by atoms with van der Waals surface area (Å²) in [6.07, 6.45) is 5.75. The third kappa shape index (κ3) is 5.93. The minimum Gasteiger partial charge on any atom is -0.482 e.